The Morgan fingerprint density at radius 1 is 0.681 bits per heavy atom. The zero-order valence-electron chi connectivity index (χ0n) is 38.0. The Morgan fingerprint density at radius 2 is 1.23 bits per heavy atom. The first-order valence-corrected chi connectivity index (χ1v) is 22.0. The number of carbonyl (C=O) groups excluding carboxylic acids is 10. The molecular formula is C41H65N15O13. The highest BCUT2D eigenvalue weighted by atomic mass is 16.4. The van der Waals surface area contributed by atoms with Crippen molar-refractivity contribution in [3.8, 4) is 0 Å². The number of rotatable bonds is 31. The number of nitrogens with one attached hydrogen (secondary N) is 7. The Morgan fingerprint density at radius 3 is 1.80 bits per heavy atom. The summed E-state index contributed by atoms with van der Waals surface area (Å²) in [5.74, 6) is -10.8. The Labute approximate surface area is 396 Å². The van der Waals surface area contributed by atoms with E-state index in [1.807, 2.05) is 0 Å². The van der Waals surface area contributed by atoms with Gasteiger partial charge in [0.15, 0.2) is 5.96 Å². The number of carboxylic acids is 1. The second-order valence-corrected chi connectivity index (χ2v) is 15.9. The standard InChI is InChI=1S/C41H65N15O13/c42-13-5-4-10-24(53-37(65)27(18-31(45)59)54-34(62)23(43)21-57)35(63)49-19-32(60)51-25(11-6-14-48-41(46)47)39(67)56-15-7-12-29(56)38(66)50-20-33(61)52-26(17-30(44)58)36(64)55-28(40(68)69)16-22-8-2-1-3-9-22/h1-3,8-9,23-29,57H,4-7,10-21,42-43H2,(H2,44,58)(H2,45,59)(H,49,63)(H,50,66)(H,51,60)(H,52,61)(H,53,65)(H,54,62)(H,55,64)(H,68,69)(H4,46,47,48)/t23-,24-,25-,26-,27-,28-,29-/m0/s1. The van der Waals surface area contributed by atoms with Gasteiger partial charge in [0.25, 0.3) is 0 Å². The zero-order chi connectivity index (χ0) is 51.6. The van der Waals surface area contributed by atoms with Crippen LogP contribution in [0.25, 0.3) is 0 Å². The molecule has 0 aliphatic carbocycles. The quantitative estimate of drug-likeness (QED) is 0.0187. The van der Waals surface area contributed by atoms with Gasteiger partial charge in [-0.15, -0.1) is 0 Å². The molecule has 1 aliphatic rings. The van der Waals surface area contributed by atoms with Crippen molar-refractivity contribution in [1.82, 2.24) is 42.1 Å². The summed E-state index contributed by atoms with van der Waals surface area (Å²) in [5, 5.41) is 35.4. The van der Waals surface area contributed by atoms with E-state index in [-0.39, 0.29) is 57.7 Å². The molecule has 0 unspecified atom stereocenters. The number of carbonyl (C=O) groups is 11. The largest absolute Gasteiger partial charge is 0.480 e. The lowest BCUT2D eigenvalue weighted by Gasteiger charge is -2.29. The molecule has 1 saturated heterocycles. The molecule has 1 fully saturated rings. The fraction of sp³-hybridized carbons (Fsp3) is 0.561. The number of nitrogens with zero attached hydrogens (tertiary/aromatic N) is 2. The maximum atomic E-state index is 14.0. The second-order valence-electron chi connectivity index (χ2n) is 15.9. The van der Waals surface area contributed by atoms with E-state index < -0.39 is 140 Å². The summed E-state index contributed by atoms with van der Waals surface area (Å²) in [7, 11) is 0. The number of likely N-dealkylation sites (tertiary alicyclic amines) is 1. The first kappa shape index (κ1) is 57.7. The molecule has 0 aromatic heterocycles. The lowest BCUT2D eigenvalue weighted by molar-refractivity contribution is -0.142. The maximum absolute atomic E-state index is 14.0. The summed E-state index contributed by atoms with van der Waals surface area (Å²) in [6, 6.07) is -1.44. The summed E-state index contributed by atoms with van der Waals surface area (Å²) in [6.07, 6.45) is -0.159. The van der Waals surface area contributed by atoms with Crippen LogP contribution in [0.3, 0.4) is 0 Å². The molecule has 10 amide bonds. The number of benzene rings is 1. The fourth-order valence-corrected chi connectivity index (χ4v) is 6.87. The van der Waals surface area contributed by atoms with Crippen LogP contribution in [-0.2, 0) is 59.2 Å². The van der Waals surface area contributed by atoms with Gasteiger partial charge in [0.1, 0.15) is 42.3 Å². The molecule has 0 saturated carbocycles. The first-order valence-electron chi connectivity index (χ1n) is 22.0. The SMILES string of the molecule is NCCCC[C@H](NC(=O)[C@H](CC(N)=O)NC(=O)[C@@H](N)CO)C(=O)NCC(=O)N[C@@H](CCCN=C(N)N)C(=O)N1CCC[C@H]1C(=O)NCC(=O)N[C@@H](CC(N)=O)C(=O)N[C@@H](Cc1ccccc1)C(=O)O. The minimum Gasteiger partial charge on any atom is -0.480 e. The van der Waals surface area contributed by atoms with E-state index in [1.165, 1.54) is 4.90 Å². The number of aliphatic imine (C=N–C) groups is 1. The Balaban J connectivity index is 2.16. The van der Waals surface area contributed by atoms with Crippen molar-refractivity contribution in [2.45, 2.75) is 107 Å². The van der Waals surface area contributed by atoms with Crippen LogP contribution in [-0.4, -0.2) is 168 Å². The van der Waals surface area contributed by atoms with E-state index in [4.69, 9.17) is 34.4 Å². The molecule has 28 nitrogen and oxygen atoms in total. The third kappa shape index (κ3) is 21.4. The Hall–Kier alpha value is -7.46. The minimum atomic E-state index is -1.61. The Bertz CT molecular complexity index is 2000. The van der Waals surface area contributed by atoms with Crippen molar-refractivity contribution < 1.29 is 63.0 Å². The van der Waals surface area contributed by atoms with Crippen LogP contribution in [0.15, 0.2) is 35.3 Å². The normalized spacial score (nSPS) is 15.6. The third-order valence-corrected chi connectivity index (χ3v) is 10.4. The van der Waals surface area contributed by atoms with Crippen molar-refractivity contribution in [3.05, 3.63) is 35.9 Å². The van der Waals surface area contributed by atoms with Crippen molar-refractivity contribution in [1.29, 1.82) is 0 Å². The number of carboxylic acid groups (broad SMARTS) is 1. The molecule has 0 radical (unpaired) electrons. The van der Waals surface area contributed by atoms with Gasteiger partial charge >= 0.3 is 5.97 Å². The van der Waals surface area contributed by atoms with E-state index in [1.54, 1.807) is 30.3 Å². The monoisotopic (exact) mass is 975 g/mol. The van der Waals surface area contributed by atoms with Crippen LogP contribution in [0.5, 0.6) is 0 Å². The summed E-state index contributed by atoms with van der Waals surface area (Å²) in [4.78, 5) is 146. The molecule has 0 bridgehead atoms. The number of aliphatic hydroxyl groups excluding tert-OH is 1. The molecule has 1 heterocycles. The number of aliphatic hydroxyl groups is 1. The van der Waals surface area contributed by atoms with Gasteiger partial charge in [-0.1, -0.05) is 30.3 Å². The molecule has 1 aromatic rings. The van der Waals surface area contributed by atoms with Gasteiger partial charge in [0.05, 0.1) is 32.5 Å². The predicted octanol–water partition coefficient (Wildman–Crippen LogP) is -7.79. The number of unbranched alkanes of at least 4 members (excludes halogenated alkanes) is 1. The summed E-state index contributed by atoms with van der Waals surface area (Å²) in [5.41, 5.74) is 33.1. The van der Waals surface area contributed by atoms with Crippen molar-refractivity contribution in [3.63, 3.8) is 0 Å². The van der Waals surface area contributed by atoms with Crippen LogP contribution >= 0.6 is 0 Å². The van der Waals surface area contributed by atoms with Crippen LogP contribution in [0.2, 0.25) is 0 Å². The van der Waals surface area contributed by atoms with Crippen LogP contribution in [0, 0.1) is 0 Å². The minimum absolute atomic E-state index is 0.00144. The summed E-state index contributed by atoms with van der Waals surface area (Å²) >= 11 is 0. The zero-order valence-corrected chi connectivity index (χ0v) is 38.0. The van der Waals surface area contributed by atoms with Gasteiger partial charge in [-0.05, 0) is 57.1 Å². The maximum Gasteiger partial charge on any atom is 0.326 e. The van der Waals surface area contributed by atoms with E-state index in [9.17, 15) is 63.0 Å². The summed E-state index contributed by atoms with van der Waals surface area (Å²) in [6.45, 7) is -1.89. The molecule has 69 heavy (non-hydrogen) atoms. The molecule has 1 aliphatic heterocycles. The molecule has 28 heteroatoms. The molecule has 1 aromatic carbocycles. The average Bonchev–Trinajstić information content (AvgIpc) is 3.79. The fourth-order valence-electron chi connectivity index (χ4n) is 6.87. The van der Waals surface area contributed by atoms with Crippen LogP contribution in [0.1, 0.15) is 63.4 Å². The third-order valence-electron chi connectivity index (χ3n) is 10.4. The van der Waals surface area contributed by atoms with E-state index in [0.29, 0.717) is 24.8 Å². The van der Waals surface area contributed by atoms with Crippen LogP contribution < -0.4 is 71.6 Å². The number of aliphatic carboxylic acids is 1. The highest BCUT2D eigenvalue weighted by Gasteiger charge is 2.38. The molecule has 0 spiro atoms. The highest BCUT2D eigenvalue weighted by molar-refractivity contribution is 5.98. The number of nitrogens with two attached hydrogens (primary N) is 6. The number of amides is 10. The van der Waals surface area contributed by atoms with Gasteiger partial charge in [-0.2, -0.15) is 0 Å². The van der Waals surface area contributed by atoms with Crippen molar-refractivity contribution >= 4 is 71.0 Å². The van der Waals surface area contributed by atoms with Gasteiger partial charge in [-0.25, -0.2) is 4.79 Å². The first-order chi connectivity index (χ1) is 32.7. The lowest BCUT2D eigenvalue weighted by atomic mass is 10.1. The number of hydrogen-bond acceptors (Lipinski definition) is 15. The van der Waals surface area contributed by atoms with E-state index in [0.717, 1.165) is 0 Å². The Kier molecular flexibility index (Phi) is 25.1. The predicted molar refractivity (Wildman–Crippen MR) is 244 cm³/mol. The average molecular weight is 976 g/mol. The molecule has 7 atom stereocenters. The van der Waals surface area contributed by atoms with Gasteiger partial charge in [-0.3, -0.25) is 52.9 Å². The van der Waals surface area contributed by atoms with Crippen molar-refractivity contribution in [2.24, 2.45) is 39.4 Å². The van der Waals surface area contributed by atoms with Crippen molar-refractivity contribution in [2.75, 3.05) is 39.3 Å². The lowest BCUT2D eigenvalue weighted by Crippen LogP contribution is -2.58. The smallest absolute Gasteiger partial charge is 0.326 e. The number of hydrogen-bond donors (Lipinski definition) is 15. The second kappa shape index (κ2) is 30.0. The molecular weight excluding hydrogens is 911 g/mol. The van der Waals surface area contributed by atoms with E-state index >= 15 is 0 Å². The van der Waals surface area contributed by atoms with Gasteiger partial charge in [0.2, 0.25) is 59.1 Å². The molecule has 382 valence electrons. The van der Waals surface area contributed by atoms with Gasteiger partial charge < -0.3 is 86.7 Å². The van der Waals surface area contributed by atoms with E-state index in [2.05, 4.69) is 42.2 Å². The number of primary amides is 2. The molecule has 21 N–H and O–H groups in total. The number of guanidine groups is 1. The highest BCUT2D eigenvalue weighted by Crippen LogP contribution is 2.20. The van der Waals surface area contributed by atoms with Crippen LogP contribution in [0.4, 0.5) is 0 Å². The summed E-state index contributed by atoms with van der Waals surface area (Å²) < 4.78 is 0. The molecule has 2 rings (SSSR count). The van der Waals surface area contributed by atoms with Gasteiger partial charge in [0, 0.05) is 19.5 Å². The topological polar surface area (TPSA) is 484 Å².